The third-order valence-electron chi connectivity index (χ3n) is 8.90. The van der Waals surface area contributed by atoms with Gasteiger partial charge in [-0.15, -0.1) is 0 Å². The summed E-state index contributed by atoms with van der Waals surface area (Å²) in [5.74, 6) is 1.29. The summed E-state index contributed by atoms with van der Waals surface area (Å²) in [6.45, 7) is 5.86. The summed E-state index contributed by atoms with van der Waals surface area (Å²) in [6.07, 6.45) is 8.32. The number of piperidine rings is 1. The minimum Gasteiger partial charge on any atom is -0.491 e. The van der Waals surface area contributed by atoms with E-state index in [2.05, 4.69) is 34.2 Å². The van der Waals surface area contributed by atoms with Crippen molar-refractivity contribution in [2.75, 3.05) is 25.1 Å². The molecule has 2 aliphatic carbocycles. The summed E-state index contributed by atoms with van der Waals surface area (Å²) in [4.78, 5) is 15.4. The zero-order valence-electron chi connectivity index (χ0n) is 22.7. The molecule has 2 fully saturated rings. The Kier molecular flexibility index (Phi) is 8.53. The van der Waals surface area contributed by atoms with Crippen LogP contribution < -0.4 is 10.1 Å². The highest BCUT2D eigenvalue weighted by atomic mass is 79.9. The van der Waals surface area contributed by atoms with Gasteiger partial charge in [0.15, 0.2) is 0 Å². The molecule has 1 unspecified atom stereocenters. The third kappa shape index (κ3) is 5.16. The fourth-order valence-electron chi connectivity index (χ4n) is 6.98. The Morgan fingerprint density at radius 2 is 2.08 bits per heavy atom. The van der Waals surface area contributed by atoms with Gasteiger partial charge in [-0.25, -0.2) is 4.79 Å². The number of carbonyl (C=O) groups is 1. The molecule has 5 rings (SSSR count). The SMILES string of the molecule is CCCCOc1cc2c(c(Br)c1NC(C)CO)C[C@H]1[C@H]3CCCC[C@@]23CCN1C(=O)OCc1ccccc1. The molecule has 206 valence electrons. The Balaban J connectivity index is 1.49. The van der Waals surface area contributed by atoms with Crippen LogP contribution in [0, 0.1) is 5.92 Å². The van der Waals surface area contributed by atoms with E-state index in [1.165, 1.54) is 24.0 Å². The van der Waals surface area contributed by atoms with Crippen LogP contribution >= 0.6 is 15.9 Å². The van der Waals surface area contributed by atoms with Gasteiger partial charge in [-0.3, -0.25) is 0 Å². The molecule has 6 nitrogen and oxygen atoms in total. The number of benzene rings is 2. The lowest BCUT2D eigenvalue weighted by atomic mass is 9.52. The van der Waals surface area contributed by atoms with E-state index >= 15 is 0 Å². The van der Waals surface area contributed by atoms with Gasteiger partial charge in [0, 0.05) is 28.5 Å². The lowest BCUT2D eigenvalue weighted by molar-refractivity contribution is -0.0138. The summed E-state index contributed by atoms with van der Waals surface area (Å²) in [5.41, 5.74) is 4.63. The molecule has 0 radical (unpaired) electrons. The topological polar surface area (TPSA) is 71.0 Å². The van der Waals surface area contributed by atoms with Crippen LogP contribution in [0.15, 0.2) is 40.9 Å². The first-order valence-electron chi connectivity index (χ1n) is 14.3. The van der Waals surface area contributed by atoms with Crippen molar-refractivity contribution in [3.05, 3.63) is 57.6 Å². The molecule has 2 aromatic rings. The largest absolute Gasteiger partial charge is 0.491 e. The molecule has 0 spiro atoms. The normalized spacial score (nSPS) is 24.7. The molecule has 7 heteroatoms. The van der Waals surface area contributed by atoms with Gasteiger partial charge >= 0.3 is 6.09 Å². The lowest BCUT2D eigenvalue weighted by Crippen LogP contribution is -2.62. The smallest absolute Gasteiger partial charge is 0.410 e. The number of carbonyl (C=O) groups excluding carboxylic acids is 1. The van der Waals surface area contributed by atoms with E-state index in [1.54, 1.807) is 0 Å². The summed E-state index contributed by atoms with van der Waals surface area (Å²) < 4.78 is 13.2. The lowest BCUT2D eigenvalue weighted by Gasteiger charge is -2.58. The molecule has 0 aromatic heterocycles. The third-order valence-corrected chi connectivity index (χ3v) is 9.78. The number of hydrogen-bond acceptors (Lipinski definition) is 5. The zero-order valence-corrected chi connectivity index (χ0v) is 24.3. The second-order valence-electron chi connectivity index (χ2n) is 11.3. The Morgan fingerprint density at radius 3 is 2.84 bits per heavy atom. The van der Waals surface area contributed by atoms with Gasteiger partial charge in [0.25, 0.3) is 0 Å². The molecule has 2 bridgehead atoms. The first kappa shape index (κ1) is 27.3. The number of hydrogen-bond donors (Lipinski definition) is 2. The number of aliphatic hydroxyl groups excluding tert-OH is 1. The highest BCUT2D eigenvalue weighted by molar-refractivity contribution is 9.10. The van der Waals surface area contributed by atoms with Gasteiger partial charge in [0.2, 0.25) is 0 Å². The van der Waals surface area contributed by atoms with E-state index in [0.29, 0.717) is 19.1 Å². The summed E-state index contributed by atoms with van der Waals surface area (Å²) in [6, 6.07) is 12.2. The minimum absolute atomic E-state index is 0.0353. The Bertz CT molecular complexity index is 1130. The van der Waals surface area contributed by atoms with Crippen LogP contribution in [0.1, 0.15) is 75.5 Å². The van der Waals surface area contributed by atoms with Crippen molar-refractivity contribution < 1.29 is 19.4 Å². The van der Waals surface area contributed by atoms with Crippen molar-refractivity contribution in [1.29, 1.82) is 0 Å². The predicted molar refractivity (Wildman–Crippen MR) is 154 cm³/mol. The first-order valence-corrected chi connectivity index (χ1v) is 15.1. The number of nitrogens with zero attached hydrogens (tertiary/aromatic N) is 1. The molecule has 4 atom stereocenters. The maximum atomic E-state index is 13.4. The second-order valence-corrected chi connectivity index (χ2v) is 12.1. The van der Waals surface area contributed by atoms with Crippen LogP contribution in [-0.4, -0.2) is 47.9 Å². The zero-order chi connectivity index (χ0) is 26.7. The number of rotatable bonds is 9. The quantitative estimate of drug-likeness (QED) is 0.316. The van der Waals surface area contributed by atoms with Gasteiger partial charge in [0.05, 0.1) is 18.9 Å². The van der Waals surface area contributed by atoms with Gasteiger partial charge in [-0.05, 0) is 83.6 Å². The number of fused-ring (bicyclic) bond motifs is 1. The average molecular weight is 586 g/mol. The van der Waals surface area contributed by atoms with Crippen molar-refractivity contribution in [1.82, 2.24) is 4.90 Å². The van der Waals surface area contributed by atoms with E-state index in [9.17, 15) is 9.90 Å². The summed E-state index contributed by atoms with van der Waals surface area (Å²) in [5, 5.41) is 13.3. The maximum absolute atomic E-state index is 13.4. The Morgan fingerprint density at radius 1 is 1.26 bits per heavy atom. The second kappa shape index (κ2) is 11.9. The van der Waals surface area contributed by atoms with Crippen LogP contribution in [0.5, 0.6) is 5.75 Å². The number of halogens is 1. The van der Waals surface area contributed by atoms with Crippen molar-refractivity contribution in [3.63, 3.8) is 0 Å². The van der Waals surface area contributed by atoms with E-state index < -0.39 is 0 Å². The summed E-state index contributed by atoms with van der Waals surface area (Å²) in [7, 11) is 0. The standard InChI is InChI=1S/C31H41BrN2O4/c1-3-4-16-37-27-18-25-23(28(32)29(27)33-21(2)19-35)17-26-24-12-8-9-13-31(24,25)14-15-34(26)30(36)38-20-22-10-6-5-7-11-22/h5-7,10-11,18,21,24,26,33,35H,3-4,8-9,12-17,19-20H2,1-2H3/t21?,24-,26+,31+/m1/s1. The average Bonchev–Trinajstić information content (AvgIpc) is 2.94. The number of amides is 1. The van der Waals surface area contributed by atoms with E-state index in [1.807, 2.05) is 42.2 Å². The first-order chi connectivity index (χ1) is 18.5. The molecule has 2 aromatic carbocycles. The van der Waals surface area contributed by atoms with Crippen LogP contribution in [0.3, 0.4) is 0 Å². The van der Waals surface area contributed by atoms with Gasteiger partial charge in [0.1, 0.15) is 12.4 Å². The maximum Gasteiger partial charge on any atom is 0.410 e. The van der Waals surface area contributed by atoms with E-state index in [0.717, 1.165) is 66.5 Å². The number of anilines is 1. The van der Waals surface area contributed by atoms with Crippen molar-refractivity contribution in [2.24, 2.45) is 5.92 Å². The molecule has 1 saturated carbocycles. The van der Waals surface area contributed by atoms with Gasteiger partial charge in [-0.2, -0.15) is 0 Å². The monoisotopic (exact) mass is 584 g/mol. The summed E-state index contributed by atoms with van der Waals surface area (Å²) >= 11 is 3.97. The van der Waals surface area contributed by atoms with Crippen molar-refractivity contribution >= 4 is 27.7 Å². The van der Waals surface area contributed by atoms with Crippen molar-refractivity contribution in [3.8, 4) is 5.75 Å². The fraction of sp³-hybridized carbons (Fsp3) is 0.581. The molecule has 3 aliphatic rings. The Labute approximate surface area is 235 Å². The molecule has 2 N–H and O–H groups in total. The van der Waals surface area contributed by atoms with Crippen LogP contribution in [0.2, 0.25) is 0 Å². The molecule has 1 saturated heterocycles. The number of likely N-dealkylation sites (tertiary alicyclic amines) is 1. The molecule has 1 amide bonds. The molecule has 1 aliphatic heterocycles. The van der Waals surface area contributed by atoms with Crippen LogP contribution in [0.25, 0.3) is 0 Å². The fourth-order valence-corrected chi connectivity index (χ4v) is 7.66. The molecular weight excluding hydrogens is 544 g/mol. The van der Waals surface area contributed by atoms with E-state index in [4.69, 9.17) is 9.47 Å². The van der Waals surface area contributed by atoms with Crippen LogP contribution in [-0.2, 0) is 23.2 Å². The molecule has 38 heavy (non-hydrogen) atoms. The number of aliphatic hydroxyl groups is 1. The number of unbranched alkanes of at least 4 members (excludes halogenated alkanes) is 1. The molecule has 1 heterocycles. The number of ether oxygens (including phenoxy) is 2. The van der Waals surface area contributed by atoms with Gasteiger partial charge in [-0.1, -0.05) is 56.5 Å². The van der Waals surface area contributed by atoms with Gasteiger partial charge < -0.3 is 24.8 Å². The highest BCUT2D eigenvalue weighted by Gasteiger charge is 2.55. The molecular formula is C31H41BrN2O4. The van der Waals surface area contributed by atoms with Crippen molar-refractivity contribution in [2.45, 2.75) is 89.3 Å². The minimum atomic E-state index is -0.204. The van der Waals surface area contributed by atoms with Crippen LogP contribution in [0.4, 0.5) is 10.5 Å². The van der Waals surface area contributed by atoms with E-state index in [-0.39, 0.29) is 30.2 Å². The number of nitrogens with one attached hydrogen (secondary N) is 1. The Hall–Kier alpha value is -2.25. The predicted octanol–water partition coefficient (Wildman–Crippen LogP) is 6.82. The highest BCUT2D eigenvalue weighted by Crippen LogP contribution is 2.58.